The van der Waals surface area contributed by atoms with Crippen molar-refractivity contribution in [2.75, 3.05) is 19.6 Å². The molecule has 0 radical (unpaired) electrons. The summed E-state index contributed by atoms with van der Waals surface area (Å²) < 4.78 is 0. The van der Waals surface area contributed by atoms with Gasteiger partial charge in [0.2, 0.25) is 0 Å². The van der Waals surface area contributed by atoms with Crippen LogP contribution in [0.15, 0.2) is 0 Å². The molecule has 0 aromatic carbocycles. The first-order valence-electron chi connectivity index (χ1n) is 6.05. The predicted molar refractivity (Wildman–Crippen MR) is 62.3 cm³/mol. The highest BCUT2D eigenvalue weighted by atomic mass is 15.2. The van der Waals surface area contributed by atoms with Crippen molar-refractivity contribution in [3.63, 3.8) is 0 Å². The Morgan fingerprint density at radius 3 is 2.36 bits per heavy atom. The lowest BCUT2D eigenvalue weighted by Gasteiger charge is -2.41. The van der Waals surface area contributed by atoms with Crippen molar-refractivity contribution in [1.29, 1.82) is 0 Å². The lowest BCUT2D eigenvalue weighted by Crippen LogP contribution is -2.51. The van der Waals surface area contributed by atoms with Gasteiger partial charge in [-0.25, -0.2) is 0 Å². The molecule has 2 nitrogen and oxygen atoms in total. The summed E-state index contributed by atoms with van der Waals surface area (Å²) in [5, 5.41) is 0. The molecular formula is C12H26N2. The fourth-order valence-corrected chi connectivity index (χ4v) is 2.03. The fourth-order valence-electron chi connectivity index (χ4n) is 2.03. The van der Waals surface area contributed by atoms with Crippen LogP contribution in [0.3, 0.4) is 0 Å². The van der Waals surface area contributed by atoms with Gasteiger partial charge in [-0.2, -0.15) is 0 Å². The molecule has 1 rings (SSSR count). The van der Waals surface area contributed by atoms with Crippen molar-refractivity contribution in [3.05, 3.63) is 0 Å². The third-order valence-electron chi connectivity index (χ3n) is 3.55. The molecule has 2 heteroatoms. The quantitative estimate of drug-likeness (QED) is 0.709. The molecule has 1 aliphatic rings. The van der Waals surface area contributed by atoms with Gasteiger partial charge in [0, 0.05) is 18.6 Å². The minimum absolute atomic E-state index is 0.186. The van der Waals surface area contributed by atoms with Crippen LogP contribution in [0.25, 0.3) is 0 Å². The lowest BCUT2D eigenvalue weighted by atomic mass is 9.84. The van der Waals surface area contributed by atoms with Crippen molar-refractivity contribution in [1.82, 2.24) is 4.90 Å². The number of hydrogen-bond acceptors (Lipinski definition) is 2. The molecule has 14 heavy (non-hydrogen) atoms. The summed E-state index contributed by atoms with van der Waals surface area (Å²) in [6, 6.07) is 0. The maximum absolute atomic E-state index is 5.83. The predicted octanol–water partition coefficient (Wildman–Crippen LogP) is 2.24. The highest BCUT2D eigenvalue weighted by Crippen LogP contribution is 2.29. The van der Waals surface area contributed by atoms with Crippen LogP contribution >= 0.6 is 0 Å². The molecule has 1 fully saturated rings. The molecule has 2 N–H and O–H groups in total. The Labute approximate surface area is 88.8 Å². The van der Waals surface area contributed by atoms with E-state index in [0.29, 0.717) is 0 Å². The van der Waals surface area contributed by atoms with E-state index in [0.717, 1.165) is 12.5 Å². The van der Waals surface area contributed by atoms with Gasteiger partial charge >= 0.3 is 0 Å². The smallest absolute Gasteiger partial charge is 0.0275 e. The number of rotatable bonds is 6. The molecule has 1 saturated carbocycles. The third kappa shape index (κ3) is 2.96. The van der Waals surface area contributed by atoms with Gasteiger partial charge in [0.25, 0.3) is 0 Å². The van der Waals surface area contributed by atoms with Crippen LogP contribution in [0.4, 0.5) is 0 Å². The van der Waals surface area contributed by atoms with E-state index < -0.39 is 0 Å². The van der Waals surface area contributed by atoms with E-state index >= 15 is 0 Å². The number of nitrogens with two attached hydrogens (primary N) is 1. The summed E-state index contributed by atoms with van der Waals surface area (Å²) in [7, 11) is 0. The molecule has 0 bridgehead atoms. The molecule has 0 unspecified atom stereocenters. The fraction of sp³-hybridized carbons (Fsp3) is 1.00. The summed E-state index contributed by atoms with van der Waals surface area (Å²) in [5.74, 6) is 0.951. The molecular weight excluding hydrogens is 172 g/mol. The number of hydrogen-bond donors (Lipinski definition) is 1. The molecule has 0 aromatic heterocycles. The van der Waals surface area contributed by atoms with Gasteiger partial charge in [0.05, 0.1) is 0 Å². The zero-order valence-electron chi connectivity index (χ0n) is 10.1. The lowest BCUT2D eigenvalue weighted by molar-refractivity contribution is 0.0830. The summed E-state index contributed by atoms with van der Waals surface area (Å²) in [6.07, 6.45) is 5.53. The zero-order valence-corrected chi connectivity index (χ0v) is 10.1. The normalized spacial score (nSPS) is 18.6. The maximum atomic E-state index is 5.83. The van der Waals surface area contributed by atoms with Crippen LogP contribution in [0.5, 0.6) is 0 Å². The second-order valence-electron chi connectivity index (χ2n) is 5.26. The molecule has 0 aliphatic heterocycles. The molecule has 0 saturated heterocycles. The van der Waals surface area contributed by atoms with Crippen LogP contribution in [0, 0.1) is 5.92 Å². The second kappa shape index (κ2) is 5.13. The van der Waals surface area contributed by atoms with Gasteiger partial charge in [0.15, 0.2) is 0 Å². The first-order chi connectivity index (χ1) is 6.60. The average Bonchev–Trinajstić information content (AvgIpc) is 2.09. The minimum Gasteiger partial charge on any atom is -0.329 e. The van der Waals surface area contributed by atoms with Crippen molar-refractivity contribution in [2.24, 2.45) is 11.7 Å². The zero-order chi connectivity index (χ0) is 10.6. The Kier molecular flexibility index (Phi) is 4.39. The topological polar surface area (TPSA) is 29.3 Å². The molecule has 0 amide bonds. The Bertz CT molecular complexity index is 162. The van der Waals surface area contributed by atoms with Crippen LogP contribution in [0.1, 0.15) is 46.5 Å². The summed E-state index contributed by atoms with van der Waals surface area (Å²) in [6.45, 7) is 10.0. The third-order valence-corrected chi connectivity index (χ3v) is 3.55. The van der Waals surface area contributed by atoms with Crippen molar-refractivity contribution >= 4 is 0 Å². The highest BCUT2D eigenvalue weighted by Gasteiger charge is 2.28. The SMILES string of the molecule is CCCN(CC1CCC1)C(C)(C)CN. The molecule has 0 atom stereocenters. The van der Waals surface area contributed by atoms with Gasteiger partial charge in [-0.1, -0.05) is 13.3 Å². The molecule has 0 spiro atoms. The van der Waals surface area contributed by atoms with Gasteiger partial charge in [0.1, 0.15) is 0 Å². The molecule has 84 valence electrons. The first-order valence-corrected chi connectivity index (χ1v) is 6.05. The van der Waals surface area contributed by atoms with Gasteiger partial charge in [-0.3, -0.25) is 4.90 Å². The van der Waals surface area contributed by atoms with E-state index in [1.807, 2.05) is 0 Å². The monoisotopic (exact) mass is 198 g/mol. The summed E-state index contributed by atoms with van der Waals surface area (Å²) >= 11 is 0. The van der Waals surface area contributed by atoms with Crippen LogP contribution < -0.4 is 5.73 Å². The first kappa shape index (κ1) is 12.0. The Balaban J connectivity index is 2.44. The second-order valence-corrected chi connectivity index (χ2v) is 5.26. The molecule has 0 aromatic rings. The molecule has 0 heterocycles. The van der Waals surface area contributed by atoms with Crippen molar-refractivity contribution < 1.29 is 0 Å². The standard InChI is InChI=1S/C12H26N2/c1-4-8-14(12(2,3)10-13)9-11-6-5-7-11/h11H,4-10,13H2,1-3H3. The maximum Gasteiger partial charge on any atom is 0.0275 e. The van der Waals surface area contributed by atoms with Crippen molar-refractivity contribution in [3.8, 4) is 0 Å². The van der Waals surface area contributed by atoms with Gasteiger partial charge in [-0.05, 0) is 45.6 Å². The minimum atomic E-state index is 0.186. The van der Waals surface area contributed by atoms with Gasteiger partial charge in [-0.15, -0.1) is 0 Å². The van der Waals surface area contributed by atoms with Crippen LogP contribution in [0.2, 0.25) is 0 Å². The van der Waals surface area contributed by atoms with E-state index in [1.165, 1.54) is 38.8 Å². The van der Waals surface area contributed by atoms with E-state index in [1.54, 1.807) is 0 Å². The van der Waals surface area contributed by atoms with E-state index in [-0.39, 0.29) is 5.54 Å². The van der Waals surface area contributed by atoms with E-state index in [9.17, 15) is 0 Å². The Hall–Kier alpha value is -0.0800. The number of nitrogens with zero attached hydrogens (tertiary/aromatic N) is 1. The summed E-state index contributed by atoms with van der Waals surface area (Å²) in [5.41, 5.74) is 6.02. The van der Waals surface area contributed by atoms with E-state index in [4.69, 9.17) is 5.73 Å². The highest BCUT2D eigenvalue weighted by molar-refractivity contribution is 4.85. The largest absolute Gasteiger partial charge is 0.329 e. The van der Waals surface area contributed by atoms with Gasteiger partial charge < -0.3 is 5.73 Å². The van der Waals surface area contributed by atoms with Crippen molar-refractivity contribution in [2.45, 2.75) is 52.0 Å². The Morgan fingerprint density at radius 2 is 2.00 bits per heavy atom. The molecule has 1 aliphatic carbocycles. The van der Waals surface area contributed by atoms with E-state index in [2.05, 4.69) is 25.7 Å². The summed E-state index contributed by atoms with van der Waals surface area (Å²) in [4.78, 5) is 2.58. The van der Waals surface area contributed by atoms with Crippen LogP contribution in [-0.4, -0.2) is 30.1 Å². The van der Waals surface area contributed by atoms with Crippen LogP contribution in [-0.2, 0) is 0 Å². The average molecular weight is 198 g/mol. The Morgan fingerprint density at radius 1 is 1.36 bits per heavy atom.